The van der Waals surface area contributed by atoms with Crippen molar-refractivity contribution < 1.29 is 9.18 Å². The van der Waals surface area contributed by atoms with Crippen molar-refractivity contribution in [3.05, 3.63) is 62.8 Å². The molecule has 174 valence electrons. The summed E-state index contributed by atoms with van der Waals surface area (Å²) in [6.45, 7) is 11.6. The molecule has 1 amide bonds. The van der Waals surface area contributed by atoms with E-state index in [4.69, 9.17) is 11.6 Å². The molecule has 0 spiro atoms. The summed E-state index contributed by atoms with van der Waals surface area (Å²) in [4.78, 5) is 19.8. The van der Waals surface area contributed by atoms with E-state index in [1.165, 1.54) is 11.8 Å². The van der Waals surface area contributed by atoms with Gasteiger partial charge in [-0.3, -0.25) is 4.79 Å². The number of hydrogen-bond acceptors (Lipinski definition) is 4. The number of aryl methyl sites for hydroxylation is 1. The van der Waals surface area contributed by atoms with Crippen LogP contribution >= 0.6 is 23.4 Å². The van der Waals surface area contributed by atoms with Gasteiger partial charge >= 0.3 is 0 Å². The highest BCUT2D eigenvalue weighted by molar-refractivity contribution is 8.18. The highest BCUT2D eigenvalue weighted by Crippen LogP contribution is 2.44. The van der Waals surface area contributed by atoms with Gasteiger partial charge in [0.1, 0.15) is 5.82 Å². The maximum atomic E-state index is 15.2. The van der Waals surface area contributed by atoms with Crippen LogP contribution in [0.15, 0.2) is 40.2 Å². The molecule has 7 heteroatoms. The molecule has 1 N–H and O–H groups in total. The van der Waals surface area contributed by atoms with Crippen LogP contribution in [0.2, 0.25) is 5.02 Å². The fraction of sp³-hybridized carbons (Fsp3) is 0.385. The van der Waals surface area contributed by atoms with E-state index in [-0.39, 0.29) is 17.3 Å². The monoisotopic (exact) mass is 485 g/mol. The van der Waals surface area contributed by atoms with Crippen LogP contribution in [0.25, 0.3) is 6.08 Å². The van der Waals surface area contributed by atoms with E-state index >= 15 is 4.39 Å². The number of halogens is 2. The Hall–Kier alpha value is -2.31. The van der Waals surface area contributed by atoms with E-state index in [0.717, 1.165) is 36.2 Å². The molecule has 1 saturated heterocycles. The van der Waals surface area contributed by atoms with Gasteiger partial charge in [-0.25, -0.2) is 9.38 Å². The van der Waals surface area contributed by atoms with Gasteiger partial charge in [-0.2, -0.15) is 0 Å². The normalized spacial score (nSPS) is 22.1. The number of nitrogens with zero attached hydrogens (tertiary/aromatic N) is 2. The number of nitrogens with one attached hydrogen (secondary N) is 1. The summed E-state index contributed by atoms with van der Waals surface area (Å²) in [7, 11) is 0. The molecule has 4 rings (SSSR count). The molecule has 1 unspecified atom stereocenters. The quantitative estimate of drug-likeness (QED) is 0.466. The second-order valence-corrected chi connectivity index (χ2v) is 10.9. The number of thioether (sulfide) groups is 1. The summed E-state index contributed by atoms with van der Waals surface area (Å²) in [6.07, 6.45) is 3.61. The maximum absolute atomic E-state index is 15.2. The first-order valence-electron chi connectivity index (χ1n) is 11.3. The molecular formula is C26H29ClFN3OS. The number of amidine groups is 1. The SMILES string of the molecule is CCCN1c2cc(F)c(/C=C3/SC(=Nc4cc(Cl)ccc4C)NC3=O)cc2C(C)CC1(C)C. The fourth-order valence-electron chi connectivity index (χ4n) is 4.71. The van der Waals surface area contributed by atoms with Gasteiger partial charge in [-0.05, 0) is 92.8 Å². The Bertz CT molecular complexity index is 1170. The van der Waals surface area contributed by atoms with E-state index in [2.05, 4.69) is 42.9 Å². The number of benzene rings is 2. The number of rotatable bonds is 4. The Morgan fingerprint density at radius 3 is 2.82 bits per heavy atom. The lowest BCUT2D eigenvalue weighted by Crippen LogP contribution is -2.48. The zero-order valence-corrected chi connectivity index (χ0v) is 21.2. The van der Waals surface area contributed by atoms with Gasteiger partial charge in [0.25, 0.3) is 5.91 Å². The molecule has 33 heavy (non-hydrogen) atoms. The van der Waals surface area contributed by atoms with Crippen LogP contribution in [-0.4, -0.2) is 23.2 Å². The summed E-state index contributed by atoms with van der Waals surface area (Å²) in [5, 5.41) is 3.81. The number of hydrogen-bond donors (Lipinski definition) is 1. The molecule has 0 radical (unpaired) electrons. The third kappa shape index (κ3) is 4.82. The van der Waals surface area contributed by atoms with E-state index in [9.17, 15) is 4.79 Å². The second kappa shape index (κ2) is 9.15. The summed E-state index contributed by atoms with van der Waals surface area (Å²) >= 11 is 7.29. The van der Waals surface area contributed by atoms with Gasteiger partial charge in [-0.1, -0.05) is 31.5 Å². The number of carbonyl (C=O) groups excluding carboxylic acids is 1. The first-order valence-corrected chi connectivity index (χ1v) is 12.5. The van der Waals surface area contributed by atoms with Crippen LogP contribution < -0.4 is 10.2 Å². The topological polar surface area (TPSA) is 44.7 Å². The second-order valence-electron chi connectivity index (χ2n) is 9.41. The average molecular weight is 486 g/mol. The van der Waals surface area contributed by atoms with E-state index in [1.807, 2.05) is 19.1 Å². The number of anilines is 1. The molecule has 2 aliphatic rings. The molecule has 4 nitrogen and oxygen atoms in total. The number of carbonyl (C=O) groups is 1. The van der Waals surface area contributed by atoms with Gasteiger partial charge in [0.15, 0.2) is 5.17 Å². The fourth-order valence-corrected chi connectivity index (χ4v) is 5.70. The van der Waals surface area contributed by atoms with Crippen molar-refractivity contribution in [3.63, 3.8) is 0 Å². The Morgan fingerprint density at radius 2 is 2.09 bits per heavy atom. The Balaban J connectivity index is 1.67. The molecule has 1 atom stereocenters. The van der Waals surface area contributed by atoms with Gasteiger partial charge in [0.05, 0.1) is 10.6 Å². The van der Waals surface area contributed by atoms with Crippen molar-refractivity contribution in [2.75, 3.05) is 11.4 Å². The Labute approximate surface area is 204 Å². The Morgan fingerprint density at radius 1 is 1.33 bits per heavy atom. The molecule has 2 heterocycles. The molecule has 2 aliphatic heterocycles. The number of fused-ring (bicyclic) bond motifs is 1. The lowest BCUT2D eigenvalue weighted by atomic mass is 9.79. The highest BCUT2D eigenvalue weighted by atomic mass is 35.5. The zero-order chi connectivity index (χ0) is 23.9. The van der Waals surface area contributed by atoms with Crippen molar-refractivity contribution in [3.8, 4) is 0 Å². The molecule has 2 aromatic rings. The first kappa shape index (κ1) is 23.8. The molecular weight excluding hydrogens is 457 g/mol. The minimum absolute atomic E-state index is 0.0279. The summed E-state index contributed by atoms with van der Waals surface area (Å²) in [6, 6.07) is 8.98. The zero-order valence-electron chi connectivity index (χ0n) is 19.6. The van der Waals surface area contributed by atoms with Crippen LogP contribution in [0.1, 0.15) is 63.1 Å². The van der Waals surface area contributed by atoms with E-state index in [0.29, 0.717) is 32.3 Å². The first-order chi connectivity index (χ1) is 15.6. The lowest BCUT2D eigenvalue weighted by molar-refractivity contribution is -0.115. The largest absolute Gasteiger partial charge is 0.366 e. The molecule has 0 saturated carbocycles. The van der Waals surface area contributed by atoms with Crippen LogP contribution in [0.3, 0.4) is 0 Å². The minimum atomic E-state index is -0.322. The smallest absolute Gasteiger partial charge is 0.264 e. The predicted molar refractivity (Wildman–Crippen MR) is 138 cm³/mol. The molecule has 2 aromatic carbocycles. The predicted octanol–water partition coefficient (Wildman–Crippen LogP) is 7.18. The van der Waals surface area contributed by atoms with Crippen molar-refractivity contribution in [1.29, 1.82) is 0 Å². The minimum Gasteiger partial charge on any atom is -0.366 e. The van der Waals surface area contributed by atoms with Crippen LogP contribution in [0.4, 0.5) is 15.8 Å². The van der Waals surface area contributed by atoms with Crippen molar-refractivity contribution >= 4 is 51.9 Å². The standard InChI is InChI=1S/C26H29ClFN3OS/c1-6-9-31-22-13-20(28)17(10-19(22)16(3)14-26(31,4)5)11-23-24(32)30-25(33-23)29-21-12-18(27)8-7-15(21)2/h7-8,10-13,16H,6,9,14H2,1-5H3,(H,29,30,32)/b23-11+. The summed E-state index contributed by atoms with van der Waals surface area (Å²) in [5.41, 5.74) is 4.13. The van der Waals surface area contributed by atoms with Crippen LogP contribution in [0, 0.1) is 12.7 Å². The summed E-state index contributed by atoms with van der Waals surface area (Å²) < 4.78 is 15.2. The Kier molecular flexibility index (Phi) is 6.61. The third-order valence-corrected chi connectivity index (χ3v) is 7.43. The highest BCUT2D eigenvalue weighted by Gasteiger charge is 2.36. The third-order valence-electron chi connectivity index (χ3n) is 6.28. The van der Waals surface area contributed by atoms with Gasteiger partial charge < -0.3 is 10.2 Å². The van der Waals surface area contributed by atoms with Gasteiger partial charge in [0, 0.05) is 28.4 Å². The molecule has 0 bridgehead atoms. The van der Waals surface area contributed by atoms with Crippen molar-refractivity contribution in [1.82, 2.24) is 5.32 Å². The molecule has 1 fully saturated rings. The van der Waals surface area contributed by atoms with Crippen LogP contribution in [0.5, 0.6) is 0 Å². The van der Waals surface area contributed by atoms with Gasteiger partial charge in [-0.15, -0.1) is 0 Å². The number of amides is 1. The van der Waals surface area contributed by atoms with E-state index in [1.54, 1.807) is 24.3 Å². The van der Waals surface area contributed by atoms with Crippen molar-refractivity contribution in [2.45, 2.75) is 58.9 Å². The maximum Gasteiger partial charge on any atom is 0.264 e. The lowest BCUT2D eigenvalue weighted by Gasteiger charge is -2.47. The molecule has 0 aliphatic carbocycles. The summed E-state index contributed by atoms with van der Waals surface area (Å²) in [5.74, 6) is -0.303. The van der Waals surface area contributed by atoms with Crippen LogP contribution in [-0.2, 0) is 4.79 Å². The number of aliphatic imine (C=N–C) groups is 1. The molecule has 0 aromatic heterocycles. The van der Waals surface area contributed by atoms with Crippen molar-refractivity contribution in [2.24, 2.45) is 4.99 Å². The average Bonchev–Trinajstić information content (AvgIpc) is 3.07. The van der Waals surface area contributed by atoms with E-state index < -0.39 is 0 Å². The van der Waals surface area contributed by atoms with Gasteiger partial charge in [0.2, 0.25) is 0 Å².